The maximum absolute atomic E-state index is 12.4. The molecule has 0 unspecified atom stereocenters. The van der Waals surface area contributed by atoms with Gasteiger partial charge < -0.3 is 14.5 Å². The molecule has 3 rings (SSSR count). The summed E-state index contributed by atoms with van der Waals surface area (Å²) in [6.45, 7) is 5.95. The van der Waals surface area contributed by atoms with E-state index in [1.165, 1.54) is 11.6 Å². The van der Waals surface area contributed by atoms with Crippen molar-refractivity contribution in [2.24, 2.45) is 0 Å². The van der Waals surface area contributed by atoms with Gasteiger partial charge in [0.15, 0.2) is 6.61 Å². The Morgan fingerprint density at radius 2 is 1.77 bits per heavy atom. The second-order valence-corrected chi connectivity index (χ2v) is 7.48. The molecular weight excluding hydrogens is 394 g/mol. The lowest BCUT2D eigenvalue weighted by atomic mass is 10.0. The minimum Gasteiger partial charge on any atom is -0.451 e. The topological polar surface area (TPSA) is 99.4 Å². The van der Waals surface area contributed by atoms with Crippen molar-refractivity contribution in [3.63, 3.8) is 0 Å². The molecule has 1 aromatic heterocycles. The van der Waals surface area contributed by atoms with E-state index in [4.69, 9.17) is 4.74 Å². The molecule has 8 nitrogen and oxygen atoms in total. The number of esters is 1. The maximum atomic E-state index is 12.4. The molecule has 1 aromatic carbocycles. The van der Waals surface area contributed by atoms with E-state index in [9.17, 15) is 14.9 Å². The van der Waals surface area contributed by atoms with Crippen molar-refractivity contribution in [2.75, 3.05) is 37.7 Å². The van der Waals surface area contributed by atoms with Crippen molar-refractivity contribution in [3.05, 3.63) is 59.4 Å². The fourth-order valence-electron chi connectivity index (χ4n) is 3.19. The molecule has 2 aromatic rings. The molecule has 1 saturated heterocycles. The first kappa shape index (κ1) is 22.0. The maximum Gasteiger partial charge on any atom is 0.349 e. The van der Waals surface area contributed by atoms with Gasteiger partial charge in [0.2, 0.25) is 5.95 Å². The summed E-state index contributed by atoms with van der Waals surface area (Å²) < 4.78 is 5.10. The highest BCUT2D eigenvalue weighted by molar-refractivity contribution is 5.98. The number of carbonyl (C=O) groups excluding carboxylic acids is 2. The Morgan fingerprint density at radius 1 is 1.13 bits per heavy atom. The highest BCUT2D eigenvalue weighted by Crippen LogP contribution is 2.16. The van der Waals surface area contributed by atoms with Gasteiger partial charge in [0, 0.05) is 38.6 Å². The first-order chi connectivity index (χ1) is 15.0. The quantitative estimate of drug-likeness (QED) is 0.403. The second kappa shape index (κ2) is 10.3. The van der Waals surface area contributed by atoms with Crippen LogP contribution < -0.4 is 4.90 Å². The van der Waals surface area contributed by atoms with E-state index in [0.717, 1.165) is 5.56 Å². The van der Waals surface area contributed by atoms with Crippen molar-refractivity contribution in [2.45, 2.75) is 19.8 Å². The Balaban J connectivity index is 1.51. The summed E-state index contributed by atoms with van der Waals surface area (Å²) in [5.74, 6) is -0.0709. The number of benzene rings is 1. The molecule has 1 fully saturated rings. The Bertz CT molecular complexity index is 973. The Hall–Kier alpha value is -3.73. The van der Waals surface area contributed by atoms with Crippen LogP contribution in [0.25, 0.3) is 6.08 Å². The highest BCUT2D eigenvalue weighted by Gasteiger charge is 2.23. The number of rotatable bonds is 6. The third-order valence-corrected chi connectivity index (χ3v) is 5.05. The van der Waals surface area contributed by atoms with Gasteiger partial charge in [-0.1, -0.05) is 38.1 Å². The van der Waals surface area contributed by atoms with Gasteiger partial charge in [-0.25, -0.2) is 14.8 Å². The van der Waals surface area contributed by atoms with Crippen LogP contribution in [-0.2, 0) is 14.3 Å². The van der Waals surface area contributed by atoms with E-state index < -0.39 is 12.6 Å². The summed E-state index contributed by atoms with van der Waals surface area (Å²) in [5.41, 5.74) is 1.75. The molecule has 1 aliphatic heterocycles. The summed E-state index contributed by atoms with van der Waals surface area (Å²) >= 11 is 0. The van der Waals surface area contributed by atoms with Gasteiger partial charge in [-0.15, -0.1) is 0 Å². The number of piperazine rings is 1. The van der Waals surface area contributed by atoms with Crippen molar-refractivity contribution >= 4 is 23.9 Å². The van der Waals surface area contributed by atoms with Crippen molar-refractivity contribution in [3.8, 4) is 6.07 Å². The van der Waals surface area contributed by atoms with Crippen LogP contribution in [0.2, 0.25) is 0 Å². The third kappa shape index (κ3) is 5.89. The lowest BCUT2D eigenvalue weighted by Crippen LogP contribution is -2.50. The average Bonchev–Trinajstić information content (AvgIpc) is 2.81. The van der Waals surface area contributed by atoms with Gasteiger partial charge in [0.05, 0.1) is 0 Å². The number of ether oxygens (including phenoxy) is 1. The monoisotopic (exact) mass is 419 g/mol. The number of nitrogens with zero attached hydrogens (tertiary/aromatic N) is 5. The first-order valence-electron chi connectivity index (χ1n) is 10.2. The lowest BCUT2D eigenvalue weighted by Gasteiger charge is -2.34. The normalized spacial score (nSPS) is 14.3. The summed E-state index contributed by atoms with van der Waals surface area (Å²) in [5, 5.41) is 9.32. The van der Waals surface area contributed by atoms with Gasteiger partial charge in [-0.3, -0.25) is 4.79 Å². The first-order valence-corrected chi connectivity index (χ1v) is 10.2. The molecule has 0 spiro atoms. The van der Waals surface area contributed by atoms with E-state index in [0.29, 0.717) is 38.0 Å². The number of anilines is 1. The molecule has 0 bridgehead atoms. The fraction of sp³-hybridized carbons (Fsp3) is 0.348. The molecule has 160 valence electrons. The predicted octanol–water partition coefficient (Wildman–Crippen LogP) is 2.40. The number of carbonyl (C=O) groups is 2. The van der Waals surface area contributed by atoms with Crippen LogP contribution in [0, 0.1) is 11.3 Å². The van der Waals surface area contributed by atoms with Crippen LogP contribution in [0.4, 0.5) is 5.95 Å². The van der Waals surface area contributed by atoms with Crippen LogP contribution in [0.5, 0.6) is 0 Å². The zero-order valence-corrected chi connectivity index (χ0v) is 17.7. The number of amides is 1. The van der Waals surface area contributed by atoms with Gasteiger partial charge >= 0.3 is 5.97 Å². The fourth-order valence-corrected chi connectivity index (χ4v) is 3.19. The Morgan fingerprint density at radius 3 is 2.35 bits per heavy atom. The van der Waals surface area contributed by atoms with E-state index in [1.807, 2.05) is 35.2 Å². The molecule has 0 aliphatic carbocycles. The lowest BCUT2D eigenvalue weighted by molar-refractivity contribution is -0.148. The van der Waals surface area contributed by atoms with Gasteiger partial charge in [-0.2, -0.15) is 5.26 Å². The second-order valence-electron chi connectivity index (χ2n) is 7.48. The van der Waals surface area contributed by atoms with Crippen molar-refractivity contribution < 1.29 is 14.3 Å². The van der Waals surface area contributed by atoms with Crippen molar-refractivity contribution in [1.82, 2.24) is 14.9 Å². The molecule has 0 N–H and O–H groups in total. The molecule has 2 heterocycles. The van der Waals surface area contributed by atoms with E-state index in [2.05, 4.69) is 23.8 Å². The number of nitriles is 1. The smallest absolute Gasteiger partial charge is 0.349 e. The summed E-state index contributed by atoms with van der Waals surface area (Å²) in [6.07, 6.45) is 4.83. The van der Waals surface area contributed by atoms with Crippen LogP contribution in [0.1, 0.15) is 30.9 Å². The number of hydrogen-bond donors (Lipinski definition) is 0. The van der Waals surface area contributed by atoms with Gasteiger partial charge in [0.25, 0.3) is 5.91 Å². The van der Waals surface area contributed by atoms with Crippen LogP contribution in [0.15, 0.2) is 48.3 Å². The minimum atomic E-state index is -0.805. The largest absolute Gasteiger partial charge is 0.451 e. The Kier molecular flexibility index (Phi) is 7.33. The molecule has 0 radical (unpaired) electrons. The molecule has 31 heavy (non-hydrogen) atoms. The molecule has 0 saturated carbocycles. The zero-order chi connectivity index (χ0) is 22.2. The standard InChI is InChI=1S/C23H25N5O3/c1-17(2)19-6-4-18(5-7-19)14-20(15-24)22(30)31-16-21(29)27-10-12-28(13-11-27)23-25-8-3-9-26-23/h3-9,14,17H,10-13,16H2,1-2H3/b20-14+. The van der Waals surface area contributed by atoms with Crippen molar-refractivity contribution in [1.29, 1.82) is 5.26 Å². The minimum absolute atomic E-state index is 0.142. The Labute approximate surface area is 181 Å². The van der Waals surface area contributed by atoms with Gasteiger partial charge in [0.1, 0.15) is 11.6 Å². The summed E-state index contributed by atoms with van der Waals surface area (Å²) in [4.78, 5) is 36.7. The summed E-state index contributed by atoms with van der Waals surface area (Å²) in [7, 11) is 0. The SMILES string of the molecule is CC(C)c1ccc(/C=C(\C#N)C(=O)OCC(=O)N2CCN(c3ncccn3)CC2)cc1. The number of aromatic nitrogens is 2. The van der Waals surface area contributed by atoms with E-state index >= 15 is 0 Å². The predicted molar refractivity (Wildman–Crippen MR) is 116 cm³/mol. The summed E-state index contributed by atoms with van der Waals surface area (Å²) in [6, 6.07) is 11.2. The highest BCUT2D eigenvalue weighted by atomic mass is 16.5. The van der Waals surface area contributed by atoms with Crippen LogP contribution in [-0.4, -0.2) is 59.5 Å². The third-order valence-electron chi connectivity index (χ3n) is 5.05. The van der Waals surface area contributed by atoms with E-state index in [1.54, 1.807) is 23.4 Å². The number of hydrogen-bond acceptors (Lipinski definition) is 7. The molecule has 0 atom stereocenters. The average molecular weight is 419 g/mol. The van der Waals surface area contributed by atoms with Gasteiger partial charge in [-0.05, 0) is 29.2 Å². The zero-order valence-electron chi connectivity index (χ0n) is 17.7. The van der Waals surface area contributed by atoms with E-state index in [-0.39, 0.29) is 11.5 Å². The molecule has 8 heteroatoms. The molecular formula is C23H25N5O3. The van der Waals surface area contributed by atoms with Crippen LogP contribution >= 0.6 is 0 Å². The molecule has 1 amide bonds. The molecule has 1 aliphatic rings. The van der Waals surface area contributed by atoms with Crippen LogP contribution in [0.3, 0.4) is 0 Å².